The van der Waals surface area contributed by atoms with Crippen molar-refractivity contribution in [3.63, 3.8) is 0 Å². The lowest BCUT2D eigenvalue weighted by molar-refractivity contribution is -0.150. The number of hydrogen-bond donors (Lipinski definition) is 0. The molecule has 2 aromatic rings. The van der Waals surface area contributed by atoms with E-state index in [-0.39, 0.29) is 25.1 Å². The second-order valence-electron chi connectivity index (χ2n) is 7.87. The van der Waals surface area contributed by atoms with Gasteiger partial charge in [0.1, 0.15) is 18.1 Å². The van der Waals surface area contributed by atoms with Crippen LogP contribution >= 0.6 is 0 Å². The third kappa shape index (κ3) is 6.15. The largest absolute Gasteiger partial charge is 0.496 e. The van der Waals surface area contributed by atoms with Crippen molar-refractivity contribution in [2.45, 2.75) is 32.8 Å². The number of piperidine rings is 1. The van der Waals surface area contributed by atoms with Crippen LogP contribution in [0, 0.1) is 12.8 Å². The maximum atomic E-state index is 12.6. The summed E-state index contributed by atoms with van der Waals surface area (Å²) < 4.78 is 21.7. The van der Waals surface area contributed by atoms with E-state index in [1.54, 1.807) is 19.1 Å². The number of rotatable bonds is 8. The predicted octanol–water partition coefficient (Wildman–Crippen LogP) is 4.15. The highest BCUT2D eigenvalue weighted by Crippen LogP contribution is 2.29. The number of nitrogens with zero attached hydrogens (tertiary/aromatic N) is 1. The first-order valence-electron chi connectivity index (χ1n) is 10.9. The van der Waals surface area contributed by atoms with Gasteiger partial charge in [-0.2, -0.15) is 0 Å². The number of amides is 1. The van der Waals surface area contributed by atoms with Crippen molar-refractivity contribution in [3.05, 3.63) is 59.2 Å². The van der Waals surface area contributed by atoms with Gasteiger partial charge in [-0.15, -0.1) is 0 Å². The molecule has 1 aliphatic rings. The van der Waals surface area contributed by atoms with Crippen molar-refractivity contribution in [3.8, 4) is 11.5 Å². The highest BCUT2D eigenvalue weighted by atomic mass is 16.6. The summed E-state index contributed by atoms with van der Waals surface area (Å²) in [6.45, 7) is 3.30. The Labute approximate surface area is 189 Å². The molecule has 3 rings (SSSR count). The molecule has 1 aliphatic heterocycles. The van der Waals surface area contributed by atoms with E-state index in [1.165, 1.54) is 0 Å². The van der Waals surface area contributed by atoms with Crippen molar-refractivity contribution < 1.29 is 28.5 Å². The maximum Gasteiger partial charge on any atom is 0.410 e. The monoisotopic (exact) mass is 441 g/mol. The molecule has 0 spiro atoms. The van der Waals surface area contributed by atoms with Crippen molar-refractivity contribution in [1.29, 1.82) is 0 Å². The minimum atomic E-state index is -0.398. The fourth-order valence-corrected chi connectivity index (χ4v) is 3.82. The number of ether oxygens (including phenoxy) is 4. The molecule has 32 heavy (non-hydrogen) atoms. The van der Waals surface area contributed by atoms with E-state index in [4.69, 9.17) is 18.9 Å². The van der Waals surface area contributed by atoms with Gasteiger partial charge in [-0.25, -0.2) is 4.79 Å². The van der Waals surface area contributed by atoms with E-state index in [1.807, 2.05) is 49.4 Å². The van der Waals surface area contributed by atoms with Crippen LogP contribution in [-0.2, 0) is 27.3 Å². The summed E-state index contributed by atoms with van der Waals surface area (Å²) in [5.74, 6) is 0.858. The van der Waals surface area contributed by atoms with E-state index < -0.39 is 6.09 Å². The summed E-state index contributed by atoms with van der Waals surface area (Å²) in [6.07, 6.45) is 1.60. The maximum absolute atomic E-state index is 12.6. The summed E-state index contributed by atoms with van der Waals surface area (Å²) in [5.41, 5.74) is 2.82. The first-order valence-corrected chi connectivity index (χ1v) is 10.9. The third-order valence-corrected chi connectivity index (χ3v) is 5.67. The number of methoxy groups -OCH3 is 2. The second-order valence-corrected chi connectivity index (χ2v) is 7.87. The van der Waals surface area contributed by atoms with Crippen LogP contribution in [0.1, 0.15) is 29.5 Å². The molecule has 1 atom stereocenters. The number of benzene rings is 2. The van der Waals surface area contributed by atoms with Gasteiger partial charge in [-0.05, 0) is 43.0 Å². The molecule has 0 aliphatic carbocycles. The van der Waals surface area contributed by atoms with Crippen molar-refractivity contribution in [2.75, 3.05) is 33.9 Å². The Balaban J connectivity index is 1.47. The number of carbonyl (C=O) groups excluding carboxylic acids is 2. The Morgan fingerprint density at radius 1 is 1.00 bits per heavy atom. The molecule has 1 heterocycles. The molecule has 0 N–H and O–H groups in total. The fraction of sp³-hybridized carbons (Fsp3) is 0.440. The first kappa shape index (κ1) is 23.4. The van der Waals surface area contributed by atoms with Gasteiger partial charge in [-0.1, -0.05) is 30.3 Å². The molecule has 1 unspecified atom stereocenters. The zero-order valence-electron chi connectivity index (χ0n) is 19.0. The van der Waals surface area contributed by atoms with Crippen LogP contribution in [0.3, 0.4) is 0 Å². The van der Waals surface area contributed by atoms with Gasteiger partial charge < -0.3 is 23.8 Å². The van der Waals surface area contributed by atoms with Gasteiger partial charge in [0.05, 0.1) is 26.7 Å². The number of carbonyl (C=O) groups is 2. The highest BCUT2D eigenvalue weighted by molar-refractivity contribution is 5.75. The first-order chi connectivity index (χ1) is 15.5. The third-order valence-electron chi connectivity index (χ3n) is 5.67. The van der Waals surface area contributed by atoms with Crippen LogP contribution in [0.25, 0.3) is 0 Å². The summed E-state index contributed by atoms with van der Waals surface area (Å²) in [7, 11) is 3.23. The predicted molar refractivity (Wildman–Crippen MR) is 120 cm³/mol. The minimum absolute atomic E-state index is 0.217. The fourth-order valence-electron chi connectivity index (χ4n) is 3.82. The zero-order chi connectivity index (χ0) is 22.9. The lowest BCUT2D eigenvalue weighted by Crippen LogP contribution is -2.43. The molecule has 0 saturated carbocycles. The Hall–Kier alpha value is -3.22. The molecule has 0 bridgehead atoms. The Morgan fingerprint density at radius 3 is 2.34 bits per heavy atom. The van der Waals surface area contributed by atoms with E-state index in [2.05, 4.69) is 0 Å². The average molecular weight is 442 g/mol. The smallest absolute Gasteiger partial charge is 0.410 e. The molecule has 0 aromatic heterocycles. The quantitative estimate of drug-likeness (QED) is 0.573. The van der Waals surface area contributed by atoms with E-state index in [0.29, 0.717) is 25.9 Å². The zero-order valence-corrected chi connectivity index (χ0v) is 19.0. The van der Waals surface area contributed by atoms with Crippen molar-refractivity contribution in [2.24, 2.45) is 5.92 Å². The number of likely N-dealkylation sites (tertiary alicyclic amines) is 1. The molecule has 172 valence electrons. The molecule has 1 fully saturated rings. The summed E-state index contributed by atoms with van der Waals surface area (Å²) >= 11 is 0. The average Bonchev–Trinajstić information content (AvgIpc) is 2.84. The molecule has 1 saturated heterocycles. The van der Waals surface area contributed by atoms with Crippen LogP contribution in [0.4, 0.5) is 4.79 Å². The Morgan fingerprint density at radius 2 is 1.69 bits per heavy atom. The topological polar surface area (TPSA) is 74.3 Å². The van der Waals surface area contributed by atoms with Crippen LogP contribution in [0.15, 0.2) is 42.5 Å². The second kappa shape index (κ2) is 11.4. The van der Waals surface area contributed by atoms with Crippen LogP contribution in [-0.4, -0.2) is 50.9 Å². The van der Waals surface area contributed by atoms with Crippen LogP contribution < -0.4 is 9.47 Å². The SMILES string of the molecule is COc1cc(CCOC(=O)C2CCCN(C(=O)OCc3ccccc3)C2)cc(OC)c1C. The number of hydrogen-bond acceptors (Lipinski definition) is 6. The van der Waals surface area contributed by atoms with E-state index in [9.17, 15) is 9.59 Å². The minimum Gasteiger partial charge on any atom is -0.496 e. The van der Waals surface area contributed by atoms with Crippen molar-refractivity contribution >= 4 is 12.1 Å². The molecule has 0 radical (unpaired) electrons. The summed E-state index contributed by atoms with van der Waals surface area (Å²) in [5, 5.41) is 0. The van der Waals surface area contributed by atoms with Gasteiger partial charge in [0.25, 0.3) is 0 Å². The molecular formula is C25H31NO6. The van der Waals surface area contributed by atoms with Gasteiger partial charge >= 0.3 is 12.1 Å². The van der Waals surface area contributed by atoms with Gasteiger partial charge in [-0.3, -0.25) is 4.79 Å². The number of esters is 1. The van der Waals surface area contributed by atoms with Crippen LogP contribution in [0.5, 0.6) is 11.5 Å². The molecule has 7 nitrogen and oxygen atoms in total. The lowest BCUT2D eigenvalue weighted by atomic mass is 9.98. The normalized spacial score (nSPS) is 15.7. The van der Waals surface area contributed by atoms with E-state index >= 15 is 0 Å². The van der Waals surface area contributed by atoms with Gasteiger partial charge in [0.15, 0.2) is 0 Å². The molecule has 1 amide bonds. The standard InChI is InChI=1S/C25H31NO6/c1-18-22(29-2)14-20(15-23(18)30-3)11-13-31-24(27)21-10-7-12-26(16-21)25(28)32-17-19-8-5-4-6-9-19/h4-6,8-9,14-15,21H,7,10-13,16-17H2,1-3H3. The highest BCUT2D eigenvalue weighted by Gasteiger charge is 2.30. The molecule has 2 aromatic carbocycles. The van der Waals surface area contributed by atoms with Gasteiger partial charge in [0.2, 0.25) is 0 Å². The Bertz CT molecular complexity index is 889. The molecule has 7 heteroatoms. The van der Waals surface area contributed by atoms with Crippen molar-refractivity contribution in [1.82, 2.24) is 4.90 Å². The van der Waals surface area contributed by atoms with Crippen LogP contribution in [0.2, 0.25) is 0 Å². The van der Waals surface area contributed by atoms with Gasteiger partial charge in [0, 0.05) is 25.1 Å². The Kier molecular flexibility index (Phi) is 8.36. The molecular weight excluding hydrogens is 410 g/mol. The summed E-state index contributed by atoms with van der Waals surface area (Å²) in [6, 6.07) is 13.4. The summed E-state index contributed by atoms with van der Waals surface area (Å²) in [4.78, 5) is 26.6. The lowest BCUT2D eigenvalue weighted by Gasteiger charge is -2.30. The van der Waals surface area contributed by atoms with E-state index in [0.717, 1.165) is 34.6 Å².